The van der Waals surface area contributed by atoms with Crippen LogP contribution < -0.4 is 10.6 Å². The Morgan fingerprint density at radius 3 is 3.10 bits per heavy atom. The zero-order valence-corrected chi connectivity index (χ0v) is 11.5. The molecular weight excluding hydrogens is 254 g/mol. The Morgan fingerprint density at radius 1 is 1.45 bits per heavy atom. The van der Waals surface area contributed by atoms with Gasteiger partial charge < -0.3 is 15.7 Å². The number of hydrogen-bond acceptors (Lipinski definition) is 5. The third-order valence-corrected chi connectivity index (χ3v) is 3.62. The first-order valence-electron chi connectivity index (χ1n) is 6.86. The summed E-state index contributed by atoms with van der Waals surface area (Å²) in [6, 6.07) is 5.60. The van der Waals surface area contributed by atoms with E-state index in [9.17, 15) is 5.11 Å². The first-order chi connectivity index (χ1) is 9.63. The molecule has 1 aromatic carbocycles. The highest BCUT2D eigenvalue weighted by Gasteiger charge is 2.20. The minimum atomic E-state index is 0.179. The molecule has 1 saturated heterocycles. The minimum Gasteiger partial charge on any atom is -0.507 e. The van der Waals surface area contributed by atoms with Crippen LogP contribution in [0.15, 0.2) is 18.2 Å². The molecule has 4 N–H and O–H groups in total. The second kappa shape index (κ2) is 5.13. The van der Waals surface area contributed by atoms with Gasteiger partial charge in [-0.05, 0) is 31.9 Å². The van der Waals surface area contributed by atoms with Gasteiger partial charge in [0.25, 0.3) is 0 Å². The first-order valence-corrected chi connectivity index (χ1v) is 6.86. The monoisotopic (exact) mass is 273 g/mol. The molecule has 1 unspecified atom stereocenters. The average Bonchev–Trinajstić information content (AvgIpc) is 2.91. The van der Waals surface area contributed by atoms with E-state index < -0.39 is 0 Å². The number of rotatable bonds is 2. The fourth-order valence-electron chi connectivity index (χ4n) is 2.55. The van der Waals surface area contributed by atoms with Gasteiger partial charge in [0, 0.05) is 19.1 Å². The summed E-state index contributed by atoms with van der Waals surface area (Å²) in [7, 11) is 0. The molecule has 1 aliphatic heterocycles. The Bertz CT molecular complexity index is 609. The summed E-state index contributed by atoms with van der Waals surface area (Å²) in [6.07, 6.45) is 2.10. The number of anilines is 1. The summed E-state index contributed by atoms with van der Waals surface area (Å²) >= 11 is 0. The standard InChI is InChI=1S/C14H19N5O/c1-9-4-5-12(20)11(7-9)13-16-14(18-17-13)19-6-2-3-10(15)8-19/h4-5,7,10,20H,2-3,6,8,15H2,1H3,(H,16,17,18). The molecule has 0 spiro atoms. The van der Waals surface area contributed by atoms with Crippen molar-refractivity contribution in [2.75, 3.05) is 18.0 Å². The number of aromatic nitrogens is 3. The van der Waals surface area contributed by atoms with Crippen LogP contribution in [-0.4, -0.2) is 39.4 Å². The number of aryl methyl sites for hydroxylation is 1. The van der Waals surface area contributed by atoms with Crippen LogP contribution in [0, 0.1) is 6.92 Å². The van der Waals surface area contributed by atoms with Crippen LogP contribution >= 0.6 is 0 Å². The van der Waals surface area contributed by atoms with Crippen LogP contribution in [0.1, 0.15) is 18.4 Å². The Hall–Kier alpha value is -2.08. The zero-order valence-electron chi connectivity index (χ0n) is 11.5. The summed E-state index contributed by atoms with van der Waals surface area (Å²) < 4.78 is 0. The number of phenolic OH excluding ortho intramolecular Hbond substituents is 1. The molecule has 1 fully saturated rings. The molecular formula is C14H19N5O. The number of nitrogens with zero attached hydrogens (tertiary/aromatic N) is 3. The molecule has 6 heteroatoms. The van der Waals surface area contributed by atoms with Gasteiger partial charge in [0.15, 0.2) is 5.82 Å². The van der Waals surface area contributed by atoms with Crippen LogP contribution in [0.5, 0.6) is 5.75 Å². The number of phenols is 1. The van der Waals surface area contributed by atoms with Gasteiger partial charge in [0.2, 0.25) is 5.95 Å². The van der Waals surface area contributed by atoms with Gasteiger partial charge in [-0.15, -0.1) is 5.10 Å². The van der Waals surface area contributed by atoms with Crippen molar-refractivity contribution in [1.82, 2.24) is 15.2 Å². The molecule has 1 aromatic heterocycles. The second-order valence-electron chi connectivity index (χ2n) is 5.35. The van der Waals surface area contributed by atoms with Crippen LogP contribution in [0.3, 0.4) is 0 Å². The number of nitrogens with two attached hydrogens (primary N) is 1. The minimum absolute atomic E-state index is 0.179. The molecule has 0 radical (unpaired) electrons. The van der Waals surface area contributed by atoms with Crippen LogP contribution in [0.25, 0.3) is 11.4 Å². The molecule has 0 amide bonds. The van der Waals surface area contributed by atoms with Gasteiger partial charge in [0.05, 0.1) is 5.56 Å². The molecule has 0 bridgehead atoms. The van der Waals surface area contributed by atoms with Gasteiger partial charge in [0.1, 0.15) is 5.75 Å². The van der Waals surface area contributed by atoms with Crippen molar-refractivity contribution >= 4 is 5.95 Å². The lowest BCUT2D eigenvalue weighted by Gasteiger charge is -2.29. The molecule has 20 heavy (non-hydrogen) atoms. The van der Waals surface area contributed by atoms with Crippen LogP contribution in [0.4, 0.5) is 5.95 Å². The smallest absolute Gasteiger partial charge is 0.245 e. The van der Waals surface area contributed by atoms with E-state index >= 15 is 0 Å². The van der Waals surface area contributed by atoms with Crippen molar-refractivity contribution in [1.29, 1.82) is 0 Å². The Morgan fingerprint density at radius 2 is 2.30 bits per heavy atom. The number of aromatic amines is 1. The Labute approximate surface area is 117 Å². The Kier molecular flexibility index (Phi) is 3.31. The van der Waals surface area contributed by atoms with E-state index in [0.717, 1.165) is 31.5 Å². The molecule has 106 valence electrons. The van der Waals surface area contributed by atoms with Crippen molar-refractivity contribution in [3.8, 4) is 17.1 Å². The van der Waals surface area contributed by atoms with Gasteiger partial charge in [-0.25, -0.2) is 0 Å². The second-order valence-corrected chi connectivity index (χ2v) is 5.35. The highest BCUT2D eigenvalue weighted by molar-refractivity contribution is 5.65. The van der Waals surface area contributed by atoms with Crippen molar-refractivity contribution in [3.05, 3.63) is 23.8 Å². The Balaban J connectivity index is 1.88. The maximum Gasteiger partial charge on any atom is 0.245 e. The van der Waals surface area contributed by atoms with E-state index in [2.05, 4.69) is 20.1 Å². The fourth-order valence-corrected chi connectivity index (χ4v) is 2.55. The van der Waals surface area contributed by atoms with E-state index in [0.29, 0.717) is 17.3 Å². The lowest BCUT2D eigenvalue weighted by Crippen LogP contribution is -2.43. The number of benzene rings is 1. The molecule has 1 atom stereocenters. The highest BCUT2D eigenvalue weighted by atomic mass is 16.3. The highest BCUT2D eigenvalue weighted by Crippen LogP contribution is 2.28. The predicted octanol–water partition coefficient (Wildman–Crippen LogP) is 1.41. The summed E-state index contributed by atoms with van der Waals surface area (Å²) in [5.74, 6) is 1.44. The van der Waals surface area contributed by atoms with E-state index in [1.54, 1.807) is 6.07 Å². The zero-order chi connectivity index (χ0) is 14.1. The molecule has 0 saturated carbocycles. The van der Waals surface area contributed by atoms with Gasteiger partial charge in [-0.2, -0.15) is 4.98 Å². The van der Waals surface area contributed by atoms with E-state index in [-0.39, 0.29) is 11.8 Å². The fraction of sp³-hybridized carbons (Fsp3) is 0.429. The largest absolute Gasteiger partial charge is 0.507 e. The first kappa shape index (κ1) is 12.9. The molecule has 2 heterocycles. The van der Waals surface area contributed by atoms with Crippen molar-refractivity contribution in [2.24, 2.45) is 5.73 Å². The van der Waals surface area contributed by atoms with Crippen molar-refractivity contribution in [3.63, 3.8) is 0 Å². The molecule has 3 rings (SSSR count). The summed E-state index contributed by atoms with van der Waals surface area (Å²) in [5, 5.41) is 17.1. The summed E-state index contributed by atoms with van der Waals surface area (Å²) in [6.45, 7) is 3.67. The number of aromatic hydroxyl groups is 1. The van der Waals surface area contributed by atoms with E-state index in [4.69, 9.17) is 5.73 Å². The van der Waals surface area contributed by atoms with E-state index in [1.807, 2.05) is 19.1 Å². The van der Waals surface area contributed by atoms with Crippen molar-refractivity contribution in [2.45, 2.75) is 25.8 Å². The van der Waals surface area contributed by atoms with Gasteiger partial charge in [-0.1, -0.05) is 11.6 Å². The maximum absolute atomic E-state index is 9.93. The maximum atomic E-state index is 9.93. The number of nitrogens with one attached hydrogen (secondary N) is 1. The molecule has 2 aromatic rings. The quantitative estimate of drug-likeness (QED) is 0.769. The SMILES string of the molecule is Cc1ccc(O)c(-c2nc(N3CCCC(N)C3)n[nH]2)c1. The number of H-pyrrole nitrogens is 1. The normalized spacial score (nSPS) is 19.3. The summed E-state index contributed by atoms with van der Waals surface area (Å²) in [5.41, 5.74) is 7.71. The molecule has 6 nitrogen and oxygen atoms in total. The van der Waals surface area contributed by atoms with E-state index in [1.165, 1.54) is 0 Å². The third-order valence-electron chi connectivity index (χ3n) is 3.62. The molecule has 0 aliphatic carbocycles. The van der Waals surface area contributed by atoms with Gasteiger partial charge in [-0.3, -0.25) is 5.10 Å². The average molecular weight is 273 g/mol. The number of hydrogen-bond donors (Lipinski definition) is 3. The van der Waals surface area contributed by atoms with Crippen LogP contribution in [0.2, 0.25) is 0 Å². The van der Waals surface area contributed by atoms with Crippen molar-refractivity contribution < 1.29 is 5.11 Å². The van der Waals surface area contributed by atoms with Gasteiger partial charge >= 0.3 is 0 Å². The predicted molar refractivity (Wildman–Crippen MR) is 77.6 cm³/mol. The topological polar surface area (TPSA) is 91.1 Å². The molecule has 1 aliphatic rings. The number of piperidine rings is 1. The third kappa shape index (κ3) is 2.46. The lowest BCUT2D eigenvalue weighted by molar-refractivity contribution is 0.476. The summed E-state index contributed by atoms with van der Waals surface area (Å²) in [4.78, 5) is 6.57. The van der Waals surface area contributed by atoms with Crippen LogP contribution in [-0.2, 0) is 0 Å². The lowest BCUT2D eigenvalue weighted by atomic mass is 10.1.